The van der Waals surface area contributed by atoms with E-state index >= 15 is 0 Å². The average Bonchev–Trinajstić information content (AvgIpc) is 2.27. The molecule has 0 aliphatic heterocycles. The Morgan fingerprint density at radius 1 is 1.00 bits per heavy atom. The van der Waals surface area contributed by atoms with Gasteiger partial charge in [-0.05, 0) is 38.1 Å². The molecule has 82 valence electrons. The lowest BCUT2D eigenvalue weighted by atomic mass is 10.3. The first kappa shape index (κ1) is 10.4. The van der Waals surface area contributed by atoms with Crippen molar-refractivity contribution >= 4 is 5.69 Å². The molecule has 2 aromatic rings. The summed E-state index contributed by atoms with van der Waals surface area (Å²) < 4.78 is 5.43. The minimum atomic E-state index is 0.243. The third-order valence-electron chi connectivity index (χ3n) is 2.16. The molecule has 5 nitrogen and oxygen atoms in total. The molecule has 0 atom stereocenters. The molecule has 0 spiro atoms. The second kappa shape index (κ2) is 4.14. The molecule has 5 heteroatoms. The summed E-state index contributed by atoms with van der Waals surface area (Å²) in [5.41, 5.74) is 7.85. The van der Waals surface area contributed by atoms with Crippen LogP contribution in [-0.4, -0.2) is 15.2 Å². The van der Waals surface area contributed by atoms with Gasteiger partial charge in [0.15, 0.2) is 0 Å². The molecule has 0 amide bonds. The van der Waals surface area contributed by atoms with E-state index in [9.17, 15) is 0 Å². The lowest BCUT2D eigenvalue weighted by molar-refractivity contribution is 0.430. The van der Waals surface area contributed by atoms with Crippen molar-refractivity contribution < 1.29 is 4.74 Å². The molecule has 0 radical (unpaired) electrons. The van der Waals surface area contributed by atoms with Crippen LogP contribution in [0.5, 0.6) is 11.8 Å². The van der Waals surface area contributed by atoms with E-state index < -0.39 is 0 Å². The number of rotatable bonds is 2. The van der Waals surface area contributed by atoms with Crippen molar-refractivity contribution in [2.24, 2.45) is 0 Å². The molecule has 2 rings (SSSR count). The molecule has 0 bridgehead atoms. The van der Waals surface area contributed by atoms with Gasteiger partial charge in [0.2, 0.25) is 0 Å². The lowest BCUT2D eigenvalue weighted by Gasteiger charge is -2.04. The van der Waals surface area contributed by atoms with E-state index in [2.05, 4.69) is 15.2 Å². The summed E-state index contributed by atoms with van der Waals surface area (Å²) in [4.78, 5) is 4.16. The summed E-state index contributed by atoms with van der Waals surface area (Å²) in [6.07, 6.45) is 0. The van der Waals surface area contributed by atoms with Gasteiger partial charge in [0.25, 0.3) is 0 Å². The van der Waals surface area contributed by atoms with Crippen LogP contribution in [0.15, 0.2) is 24.3 Å². The first-order chi connectivity index (χ1) is 7.65. The van der Waals surface area contributed by atoms with Gasteiger partial charge in [-0.3, -0.25) is 0 Å². The zero-order valence-corrected chi connectivity index (χ0v) is 9.14. The number of aryl methyl sites for hydroxylation is 2. The van der Waals surface area contributed by atoms with Crippen LogP contribution < -0.4 is 10.5 Å². The highest BCUT2D eigenvalue weighted by Crippen LogP contribution is 2.18. The molecule has 0 aliphatic carbocycles. The minimum Gasteiger partial charge on any atom is -0.423 e. The van der Waals surface area contributed by atoms with Crippen LogP contribution >= 0.6 is 0 Å². The zero-order valence-electron chi connectivity index (χ0n) is 9.14. The van der Waals surface area contributed by atoms with Crippen LogP contribution in [0.3, 0.4) is 0 Å². The highest BCUT2D eigenvalue weighted by atomic mass is 16.5. The lowest BCUT2D eigenvalue weighted by Crippen LogP contribution is -1.99. The normalized spacial score (nSPS) is 10.1. The van der Waals surface area contributed by atoms with Crippen molar-refractivity contribution in [2.45, 2.75) is 13.8 Å². The fourth-order valence-electron chi connectivity index (χ4n) is 1.12. The Bertz CT molecular complexity index is 496. The molecular formula is C11H12N4O. The van der Waals surface area contributed by atoms with Gasteiger partial charge in [-0.25, -0.2) is 0 Å². The average molecular weight is 216 g/mol. The molecule has 2 N–H and O–H groups in total. The van der Waals surface area contributed by atoms with Gasteiger partial charge in [-0.2, -0.15) is 4.98 Å². The third-order valence-corrected chi connectivity index (χ3v) is 2.16. The van der Waals surface area contributed by atoms with Gasteiger partial charge in [0, 0.05) is 5.69 Å². The van der Waals surface area contributed by atoms with E-state index in [0.29, 0.717) is 11.4 Å². The maximum absolute atomic E-state index is 5.56. The summed E-state index contributed by atoms with van der Waals surface area (Å²) in [6.45, 7) is 3.71. The van der Waals surface area contributed by atoms with Crippen molar-refractivity contribution in [1.82, 2.24) is 15.2 Å². The van der Waals surface area contributed by atoms with Gasteiger partial charge in [-0.1, -0.05) is 5.10 Å². The minimum absolute atomic E-state index is 0.243. The van der Waals surface area contributed by atoms with Crippen LogP contribution in [-0.2, 0) is 0 Å². The molecular weight excluding hydrogens is 204 g/mol. The maximum atomic E-state index is 5.56. The fourth-order valence-corrected chi connectivity index (χ4v) is 1.12. The number of nitrogens with zero attached hydrogens (tertiary/aromatic N) is 3. The van der Waals surface area contributed by atoms with Crippen LogP contribution in [0.4, 0.5) is 5.69 Å². The van der Waals surface area contributed by atoms with E-state index in [4.69, 9.17) is 10.5 Å². The van der Waals surface area contributed by atoms with Gasteiger partial charge in [0.1, 0.15) is 5.75 Å². The molecule has 0 unspecified atom stereocenters. The summed E-state index contributed by atoms with van der Waals surface area (Å²) in [6, 6.07) is 7.27. The van der Waals surface area contributed by atoms with Crippen LogP contribution in [0.1, 0.15) is 11.4 Å². The standard InChI is InChI=1S/C11H12N4O/c1-7-8(2)14-15-11(13-7)16-10-5-3-9(12)4-6-10/h3-6H,12H2,1-2H3. The van der Waals surface area contributed by atoms with Gasteiger partial charge in [0.05, 0.1) is 11.4 Å². The Morgan fingerprint density at radius 3 is 2.31 bits per heavy atom. The largest absolute Gasteiger partial charge is 0.423 e. The SMILES string of the molecule is Cc1nnc(Oc2ccc(N)cc2)nc1C. The number of anilines is 1. The molecule has 0 aliphatic rings. The predicted octanol–water partition coefficient (Wildman–Crippen LogP) is 1.86. The quantitative estimate of drug-likeness (QED) is 0.775. The Hall–Kier alpha value is -2.17. The number of nitrogen functional groups attached to an aromatic ring is 1. The molecule has 16 heavy (non-hydrogen) atoms. The Kier molecular flexibility index (Phi) is 2.68. The Labute approximate surface area is 93.3 Å². The van der Waals surface area contributed by atoms with Crippen LogP contribution in [0.2, 0.25) is 0 Å². The molecule has 1 heterocycles. The number of aromatic nitrogens is 3. The van der Waals surface area contributed by atoms with Crippen molar-refractivity contribution in [1.29, 1.82) is 0 Å². The maximum Gasteiger partial charge on any atom is 0.341 e. The van der Waals surface area contributed by atoms with Gasteiger partial charge >= 0.3 is 6.01 Å². The summed E-state index contributed by atoms with van der Waals surface area (Å²) in [5, 5.41) is 7.77. The number of hydrogen-bond acceptors (Lipinski definition) is 5. The first-order valence-corrected chi connectivity index (χ1v) is 4.86. The molecule has 0 fully saturated rings. The number of benzene rings is 1. The van der Waals surface area contributed by atoms with Crippen molar-refractivity contribution in [3.8, 4) is 11.8 Å². The van der Waals surface area contributed by atoms with E-state index in [1.807, 2.05) is 13.8 Å². The first-order valence-electron chi connectivity index (χ1n) is 4.86. The molecule has 1 aromatic carbocycles. The topological polar surface area (TPSA) is 73.9 Å². The second-order valence-electron chi connectivity index (χ2n) is 3.44. The molecule has 0 saturated heterocycles. The fraction of sp³-hybridized carbons (Fsp3) is 0.182. The Balaban J connectivity index is 2.20. The van der Waals surface area contributed by atoms with Crippen LogP contribution in [0, 0.1) is 13.8 Å². The predicted molar refractivity (Wildman–Crippen MR) is 60.2 cm³/mol. The monoisotopic (exact) mass is 216 g/mol. The highest BCUT2D eigenvalue weighted by Gasteiger charge is 2.03. The van der Waals surface area contributed by atoms with E-state index in [0.717, 1.165) is 11.4 Å². The third kappa shape index (κ3) is 2.25. The highest BCUT2D eigenvalue weighted by molar-refractivity contribution is 5.42. The second-order valence-corrected chi connectivity index (χ2v) is 3.44. The van der Waals surface area contributed by atoms with Gasteiger partial charge in [-0.15, -0.1) is 5.10 Å². The van der Waals surface area contributed by atoms with Crippen molar-refractivity contribution in [3.63, 3.8) is 0 Å². The van der Waals surface area contributed by atoms with Gasteiger partial charge < -0.3 is 10.5 Å². The van der Waals surface area contributed by atoms with E-state index in [1.54, 1.807) is 24.3 Å². The summed E-state index contributed by atoms with van der Waals surface area (Å²) in [5.74, 6) is 0.638. The number of nitrogens with two attached hydrogens (primary N) is 1. The van der Waals surface area contributed by atoms with E-state index in [-0.39, 0.29) is 6.01 Å². The smallest absolute Gasteiger partial charge is 0.341 e. The van der Waals surface area contributed by atoms with E-state index in [1.165, 1.54) is 0 Å². The zero-order chi connectivity index (χ0) is 11.5. The summed E-state index contributed by atoms with van der Waals surface area (Å²) in [7, 11) is 0. The molecule has 0 saturated carbocycles. The summed E-state index contributed by atoms with van der Waals surface area (Å²) >= 11 is 0. The number of hydrogen-bond donors (Lipinski definition) is 1. The van der Waals surface area contributed by atoms with Crippen LogP contribution in [0.25, 0.3) is 0 Å². The molecule has 1 aromatic heterocycles. The Morgan fingerprint density at radius 2 is 1.69 bits per heavy atom. The van der Waals surface area contributed by atoms with Crippen molar-refractivity contribution in [2.75, 3.05) is 5.73 Å². The number of ether oxygens (including phenoxy) is 1. The van der Waals surface area contributed by atoms with Crippen molar-refractivity contribution in [3.05, 3.63) is 35.7 Å².